The fourth-order valence-corrected chi connectivity index (χ4v) is 7.17. The third kappa shape index (κ3) is 12.7. The van der Waals surface area contributed by atoms with Crippen molar-refractivity contribution in [1.82, 2.24) is 30.2 Å². The van der Waals surface area contributed by atoms with Gasteiger partial charge in [-0.2, -0.15) is 9.49 Å². The van der Waals surface area contributed by atoms with Crippen LogP contribution in [0.2, 0.25) is 0 Å². The summed E-state index contributed by atoms with van der Waals surface area (Å²) in [5, 5.41) is 10.6. The van der Waals surface area contributed by atoms with Crippen molar-refractivity contribution in [2.45, 2.75) is 84.7 Å². The molecule has 0 unspecified atom stereocenters. The second-order valence-corrected chi connectivity index (χ2v) is 15.5. The van der Waals surface area contributed by atoms with Gasteiger partial charge in [0.25, 0.3) is 5.91 Å². The van der Waals surface area contributed by atoms with E-state index in [1.807, 2.05) is 6.92 Å². The summed E-state index contributed by atoms with van der Waals surface area (Å²) in [6.45, 7) is 6.94. The second kappa shape index (κ2) is 20.2. The van der Waals surface area contributed by atoms with Crippen molar-refractivity contribution < 1.29 is 65.0 Å². The van der Waals surface area contributed by atoms with Crippen LogP contribution < -0.4 is 10.7 Å². The molecule has 1 saturated carbocycles. The largest absolute Gasteiger partial charge is 0.510 e. The highest BCUT2D eigenvalue weighted by atomic mass is 32.1. The van der Waals surface area contributed by atoms with Crippen LogP contribution >= 0.6 is 19.2 Å². The number of nitrogens with one attached hydrogen (secondary N) is 2. The van der Waals surface area contributed by atoms with Crippen LogP contribution in [0.5, 0.6) is 0 Å². The predicted molar refractivity (Wildman–Crippen MR) is 197 cm³/mol. The quantitative estimate of drug-likeness (QED) is 0.0585. The number of hydrogen-bond donors (Lipinski definition) is 2. The van der Waals surface area contributed by atoms with Gasteiger partial charge in [0.1, 0.15) is 28.8 Å². The molecule has 57 heavy (non-hydrogen) atoms. The number of phosphoric acid groups is 1. The highest BCUT2D eigenvalue weighted by molar-refractivity contribution is 7.48. The summed E-state index contributed by atoms with van der Waals surface area (Å²) in [5.41, 5.74) is 3.37. The van der Waals surface area contributed by atoms with Crippen molar-refractivity contribution >= 4 is 48.6 Å². The van der Waals surface area contributed by atoms with Gasteiger partial charge in [0.05, 0.1) is 30.0 Å². The minimum absolute atomic E-state index is 0.0320. The number of anilines is 1. The van der Waals surface area contributed by atoms with E-state index in [9.17, 15) is 27.7 Å². The van der Waals surface area contributed by atoms with E-state index in [-0.39, 0.29) is 41.5 Å². The lowest BCUT2D eigenvalue weighted by Gasteiger charge is -2.28. The van der Waals surface area contributed by atoms with Gasteiger partial charge >= 0.3 is 20.1 Å². The van der Waals surface area contributed by atoms with Crippen LogP contribution in [0, 0.1) is 11.8 Å². The van der Waals surface area contributed by atoms with Gasteiger partial charge in [-0.3, -0.25) is 19.0 Å². The molecule has 0 aromatic carbocycles. The van der Waals surface area contributed by atoms with Crippen LogP contribution in [-0.2, 0) is 41.8 Å². The fraction of sp³-hybridized carbons (Fsp3) is 0.529. The number of thiazole rings is 1. The topological polar surface area (TPSA) is 213 Å². The molecule has 1 aliphatic carbocycles. The van der Waals surface area contributed by atoms with Gasteiger partial charge in [-0.05, 0) is 72.4 Å². The number of hydrogen-bond acceptors (Lipinski definition) is 18. The summed E-state index contributed by atoms with van der Waals surface area (Å²) >= 11 is 1.16. The van der Waals surface area contributed by atoms with Crippen LogP contribution in [0.3, 0.4) is 0 Å². The molecule has 3 aromatic heterocycles. The van der Waals surface area contributed by atoms with Gasteiger partial charge in [-0.15, -0.1) is 11.3 Å². The summed E-state index contributed by atoms with van der Waals surface area (Å²) in [6, 6.07) is 1.78. The number of phosphoric ester groups is 1. The first-order valence-corrected chi connectivity index (χ1v) is 20.3. The summed E-state index contributed by atoms with van der Waals surface area (Å²) in [6.07, 6.45) is 3.20. The lowest BCUT2D eigenvalue weighted by molar-refractivity contribution is -0.0506. The summed E-state index contributed by atoms with van der Waals surface area (Å²) in [7, 11) is -4.54. The van der Waals surface area contributed by atoms with Crippen molar-refractivity contribution in [3.63, 3.8) is 0 Å². The zero-order chi connectivity index (χ0) is 41.1. The van der Waals surface area contributed by atoms with Gasteiger partial charge in [0, 0.05) is 36.5 Å². The molecule has 1 amide bonds. The summed E-state index contributed by atoms with van der Waals surface area (Å²) in [5.74, 6) is -2.34. The molecule has 0 spiro atoms. The molecular weight excluding hydrogens is 799 g/mol. The Morgan fingerprint density at radius 3 is 2.26 bits per heavy atom. The second-order valence-electron chi connectivity index (χ2n) is 13.0. The highest BCUT2D eigenvalue weighted by Crippen LogP contribution is 2.49. The molecule has 23 heteroatoms. The molecule has 312 valence electrons. The molecule has 5 rings (SSSR count). The summed E-state index contributed by atoms with van der Waals surface area (Å²) < 4.78 is 84.5. The SMILES string of the molecule is CCOC1CCC(n2cc(NC(=O)c3csc(C4=CN(COP(=O)(OCOC(=O)OC(C)C)OCOC(=O)OC(C)C)NC4)n3)c(-c3nc(F)ccc3F)n2)CC1. The molecule has 1 fully saturated rings. The molecule has 2 N–H and O–H groups in total. The first-order valence-electron chi connectivity index (χ1n) is 17.9. The maximum atomic E-state index is 14.9. The van der Waals surface area contributed by atoms with Crippen LogP contribution in [0.4, 0.5) is 24.1 Å². The molecule has 4 heterocycles. The van der Waals surface area contributed by atoms with Gasteiger partial charge in [-0.1, -0.05) is 0 Å². The van der Waals surface area contributed by atoms with Crippen molar-refractivity contribution in [1.29, 1.82) is 0 Å². The molecule has 0 atom stereocenters. The number of amides is 1. The van der Waals surface area contributed by atoms with Gasteiger partial charge in [0.15, 0.2) is 5.82 Å². The minimum atomic E-state index is -4.54. The number of ether oxygens (including phenoxy) is 5. The molecule has 0 bridgehead atoms. The van der Waals surface area contributed by atoms with Crippen molar-refractivity contribution in [2.75, 3.05) is 38.8 Å². The Bertz CT molecular complexity index is 1910. The lowest BCUT2D eigenvalue weighted by Crippen LogP contribution is -2.31. The monoisotopic (exact) mass is 843 g/mol. The molecule has 2 aliphatic rings. The molecule has 1 aliphatic heterocycles. The van der Waals surface area contributed by atoms with E-state index >= 15 is 0 Å². The molecule has 0 saturated heterocycles. The van der Waals surface area contributed by atoms with Crippen LogP contribution in [0.1, 0.15) is 81.8 Å². The molecule has 3 aromatic rings. The van der Waals surface area contributed by atoms with Gasteiger partial charge in [-0.25, -0.2) is 43.0 Å². The Balaban J connectivity index is 1.24. The number of carbonyl (C=O) groups is 3. The normalized spacial score (nSPS) is 17.1. The number of nitrogens with zero attached hydrogens (tertiary/aromatic N) is 5. The molecular formula is C34H44F2N7O12PS. The van der Waals surface area contributed by atoms with Gasteiger partial charge in [0.2, 0.25) is 19.5 Å². The standard InChI is InChI=1S/C34H44F2N7O12PS/c1-6-48-24-9-7-23(8-10-24)43-15-26(30(41-43)29-25(35)11-12-28(36)40-29)38-31(44)27-16-57-32(39-27)22-13-37-42(14-22)17-51-56(47,52-18-49-33(45)54-20(2)3)53-19-50-34(46)55-21(4)5/h11-12,14-16,20-21,23-24,37H,6-10,13,17-19H2,1-5H3,(H,38,44). The predicted octanol–water partition coefficient (Wildman–Crippen LogP) is 6.77. The van der Waals surface area contributed by atoms with Crippen molar-refractivity contribution in [3.05, 3.63) is 52.4 Å². The van der Waals surface area contributed by atoms with E-state index in [4.69, 9.17) is 37.3 Å². The minimum Gasteiger partial charge on any atom is -0.432 e. The first-order chi connectivity index (χ1) is 27.2. The third-order valence-corrected chi connectivity index (χ3v) is 10.2. The number of hydrazine groups is 1. The highest BCUT2D eigenvalue weighted by Gasteiger charge is 2.31. The van der Waals surface area contributed by atoms with E-state index in [1.54, 1.807) is 44.8 Å². The van der Waals surface area contributed by atoms with Crippen LogP contribution in [-0.4, -0.2) is 94.8 Å². The number of pyridine rings is 1. The van der Waals surface area contributed by atoms with Crippen molar-refractivity contribution in [3.8, 4) is 11.4 Å². The van der Waals surface area contributed by atoms with Crippen LogP contribution in [0.15, 0.2) is 29.9 Å². The van der Waals surface area contributed by atoms with E-state index in [1.165, 1.54) is 10.4 Å². The number of carbonyl (C=O) groups excluding carboxylic acids is 3. The Kier molecular flexibility index (Phi) is 15.4. The smallest absolute Gasteiger partial charge is 0.432 e. The third-order valence-electron chi connectivity index (χ3n) is 8.03. The molecule has 0 radical (unpaired) electrons. The lowest BCUT2D eigenvalue weighted by atomic mass is 9.93. The average molecular weight is 844 g/mol. The van der Waals surface area contributed by atoms with E-state index in [2.05, 4.69) is 25.8 Å². The first kappa shape index (κ1) is 43.6. The Hall–Kier alpha value is -4.57. The maximum Gasteiger partial charge on any atom is 0.510 e. The van der Waals surface area contributed by atoms with E-state index in [0.717, 1.165) is 49.2 Å². The number of rotatable bonds is 18. The Morgan fingerprint density at radius 2 is 1.63 bits per heavy atom. The van der Waals surface area contributed by atoms with E-state index in [0.29, 0.717) is 17.2 Å². The Morgan fingerprint density at radius 1 is 0.965 bits per heavy atom. The van der Waals surface area contributed by atoms with Crippen LogP contribution in [0.25, 0.3) is 17.0 Å². The molecule has 19 nitrogen and oxygen atoms in total. The zero-order valence-electron chi connectivity index (χ0n) is 31.8. The average Bonchev–Trinajstić information content (AvgIpc) is 3.92. The summed E-state index contributed by atoms with van der Waals surface area (Å²) in [4.78, 5) is 45.1. The van der Waals surface area contributed by atoms with Crippen molar-refractivity contribution in [2.24, 2.45) is 0 Å². The van der Waals surface area contributed by atoms with E-state index < -0.39 is 70.3 Å². The zero-order valence-corrected chi connectivity index (χ0v) is 33.5. The number of halogens is 2. The number of aromatic nitrogens is 4. The maximum absolute atomic E-state index is 14.9. The van der Waals surface area contributed by atoms with Gasteiger partial charge < -0.3 is 29.0 Å². The fourth-order valence-electron chi connectivity index (χ4n) is 5.51. The Labute approximate surface area is 330 Å².